The van der Waals surface area contributed by atoms with Crippen LogP contribution in [0, 0.1) is 12.8 Å². The van der Waals surface area contributed by atoms with E-state index in [1.54, 1.807) is 13.3 Å². The maximum atomic E-state index is 5.93. The topological polar surface area (TPSA) is 80.3 Å². The van der Waals surface area contributed by atoms with Crippen LogP contribution in [0.25, 0.3) is 0 Å². The zero-order valence-electron chi connectivity index (χ0n) is 19.2. The molecule has 0 spiro atoms. The van der Waals surface area contributed by atoms with Crippen LogP contribution in [0.4, 0.5) is 17.5 Å². The third kappa shape index (κ3) is 7.28. The molecule has 1 aromatic heterocycles. The average molecular weight is 428 g/mol. The van der Waals surface area contributed by atoms with Gasteiger partial charge in [0, 0.05) is 13.1 Å². The van der Waals surface area contributed by atoms with Gasteiger partial charge in [0.2, 0.25) is 5.95 Å². The fourth-order valence-electron chi connectivity index (χ4n) is 3.84. The fourth-order valence-corrected chi connectivity index (χ4v) is 3.84. The Bertz CT molecular complexity index is 809. The Morgan fingerprint density at radius 3 is 2.74 bits per heavy atom. The number of rotatable bonds is 12. The number of unbranched alkanes of at least 4 members (excludes halogenated alkanes) is 1. The first-order valence-electron chi connectivity index (χ1n) is 11.6. The minimum absolute atomic E-state index is 0.585. The lowest BCUT2D eigenvalue weighted by molar-refractivity contribution is 0.271. The van der Waals surface area contributed by atoms with E-state index in [1.165, 1.54) is 32.1 Å². The Kier molecular flexibility index (Phi) is 9.21. The Hall–Kier alpha value is -2.54. The first-order chi connectivity index (χ1) is 15.2. The molecule has 3 rings (SSSR count). The standard InChI is InChI=1S/C24H37N5O2/c1-4-5-13-31-22-14-20(12-11-18(22)2)16-26-24-27-17-21(29-30-3)23(28-24)25-15-19-9-7-6-8-10-19/h11-12,14,17,19,29H,4-10,13,15-16H2,1-3H3,(H2,25,26,27,28). The van der Waals surface area contributed by atoms with Gasteiger partial charge in [-0.1, -0.05) is 44.7 Å². The number of nitrogens with one attached hydrogen (secondary N) is 3. The van der Waals surface area contributed by atoms with Crippen LogP contribution < -0.4 is 20.9 Å². The molecule has 7 heteroatoms. The summed E-state index contributed by atoms with van der Waals surface area (Å²) in [6.07, 6.45) is 10.5. The summed E-state index contributed by atoms with van der Waals surface area (Å²) in [5.41, 5.74) is 5.90. The van der Waals surface area contributed by atoms with Crippen molar-refractivity contribution < 1.29 is 9.57 Å². The van der Waals surface area contributed by atoms with E-state index in [4.69, 9.17) is 9.57 Å². The van der Waals surface area contributed by atoms with E-state index in [0.29, 0.717) is 18.4 Å². The Balaban J connectivity index is 1.62. The highest BCUT2D eigenvalue weighted by Gasteiger charge is 2.15. The molecule has 0 unspecified atom stereocenters. The van der Waals surface area contributed by atoms with Gasteiger partial charge in [-0.05, 0) is 49.3 Å². The van der Waals surface area contributed by atoms with E-state index in [2.05, 4.69) is 58.1 Å². The smallest absolute Gasteiger partial charge is 0.225 e. The van der Waals surface area contributed by atoms with Crippen molar-refractivity contribution in [3.8, 4) is 5.75 Å². The van der Waals surface area contributed by atoms with Gasteiger partial charge < -0.3 is 15.4 Å². The number of ether oxygens (including phenoxy) is 1. The number of nitrogens with zero attached hydrogens (tertiary/aromatic N) is 2. The van der Waals surface area contributed by atoms with Crippen LogP contribution in [-0.2, 0) is 11.4 Å². The summed E-state index contributed by atoms with van der Waals surface area (Å²) >= 11 is 0. The summed E-state index contributed by atoms with van der Waals surface area (Å²) in [7, 11) is 1.59. The zero-order chi connectivity index (χ0) is 21.9. The van der Waals surface area contributed by atoms with Crippen LogP contribution in [0.5, 0.6) is 5.75 Å². The third-order valence-electron chi connectivity index (χ3n) is 5.74. The second-order valence-electron chi connectivity index (χ2n) is 8.30. The number of aryl methyl sites for hydroxylation is 1. The Morgan fingerprint density at radius 1 is 1.13 bits per heavy atom. The van der Waals surface area contributed by atoms with Gasteiger partial charge in [0.05, 0.1) is 19.9 Å². The summed E-state index contributed by atoms with van der Waals surface area (Å²) in [6.45, 7) is 6.55. The number of benzene rings is 1. The van der Waals surface area contributed by atoms with Crippen LogP contribution in [0.15, 0.2) is 24.4 Å². The molecule has 0 atom stereocenters. The van der Waals surface area contributed by atoms with E-state index in [0.717, 1.165) is 54.4 Å². The summed E-state index contributed by atoms with van der Waals surface area (Å²) in [4.78, 5) is 14.2. The normalized spacial score (nSPS) is 14.3. The molecular weight excluding hydrogens is 390 g/mol. The minimum Gasteiger partial charge on any atom is -0.493 e. The van der Waals surface area contributed by atoms with Gasteiger partial charge in [-0.3, -0.25) is 10.3 Å². The van der Waals surface area contributed by atoms with Crippen LogP contribution in [0.1, 0.15) is 63.0 Å². The molecule has 1 aliphatic rings. The number of aromatic nitrogens is 2. The summed E-state index contributed by atoms with van der Waals surface area (Å²) in [5.74, 6) is 3.00. The largest absolute Gasteiger partial charge is 0.493 e. The van der Waals surface area contributed by atoms with Gasteiger partial charge in [-0.15, -0.1) is 0 Å². The number of hydrogen-bond acceptors (Lipinski definition) is 7. The van der Waals surface area contributed by atoms with E-state index >= 15 is 0 Å². The molecule has 3 N–H and O–H groups in total. The molecule has 0 bridgehead atoms. The quantitative estimate of drug-likeness (QED) is 0.303. The van der Waals surface area contributed by atoms with Crippen molar-refractivity contribution in [2.24, 2.45) is 5.92 Å². The van der Waals surface area contributed by atoms with Crippen molar-refractivity contribution in [1.29, 1.82) is 0 Å². The summed E-state index contributed by atoms with van der Waals surface area (Å²) in [5, 5.41) is 6.83. The maximum absolute atomic E-state index is 5.93. The van der Waals surface area contributed by atoms with Crippen LogP contribution in [0.2, 0.25) is 0 Å². The molecule has 0 aliphatic heterocycles. The van der Waals surface area contributed by atoms with Crippen molar-refractivity contribution in [3.05, 3.63) is 35.5 Å². The van der Waals surface area contributed by atoms with Gasteiger partial charge in [0.1, 0.15) is 11.4 Å². The molecule has 1 saturated carbocycles. The fraction of sp³-hybridized carbons (Fsp3) is 0.583. The molecule has 1 aliphatic carbocycles. The van der Waals surface area contributed by atoms with Crippen molar-refractivity contribution in [2.75, 3.05) is 36.4 Å². The van der Waals surface area contributed by atoms with E-state index < -0.39 is 0 Å². The molecule has 0 amide bonds. The molecular formula is C24H37N5O2. The van der Waals surface area contributed by atoms with E-state index in [9.17, 15) is 0 Å². The Labute approximate surface area is 186 Å². The lowest BCUT2D eigenvalue weighted by Gasteiger charge is -2.22. The molecule has 1 heterocycles. The SMILES string of the molecule is CCCCOc1cc(CNc2ncc(NOC)c(NCC3CCCCC3)n2)ccc1C. The second kappa shape index (κ2) is 12.3. The van der Waals surface area contributed by atoms with Gasteiger partial charge in [0.15, 0.2) is 5.82 Å². The van der Waals surface area contributed by atoms with Crippen LogP contribution >= 0.6 is 0 Å². The highest BCUT2D eigenvalue weighted by Crippen LogP contribution is 2.26. The summed E-state index contributed by atoms with van der Waals surface area (Å²) in [6, 6.07) is 6.31. The average Bonchev–Trinajstić information content (AvgIpc) is 2.80. The van der Waals surface area contributed by atoms with Crippen molar-refractivity contribution >= 4 is 17.5 Å². The van der Waals surface area contributed by atoms with Crippen LogP contribution in [-0.4, -0.2) is 30.2 Å². The van der Waals surface area contributed by atoms with Crippen molar-refractivity contribution in [2.45, 2.75) is 65.3 Å². The predicted molar refractivity (Wildman–Crippen MR) is 127 cm³/mol. The van der Waals surface area contributed by atoms with E-state index in [-0.39, 0.29) is 0 Å². The van der Waals surface area contributed by atoms with Crippen LogP contribution in [0.3, 0.4) is 0 Å². The lowest BCUT2D eigenvalue weighted by Crippen LogP contribution is -2.19. The Morgan fingerprint density at radius 2 is 1.97 bits per heavy atom. The molecule has 0 radical (unpaired) electrons. The molecule has 2 aromatic rings. The lowest BCUT2D eigenvalue weighted by atomic mass is 9.89. The minimum atomic E-state index is 0.585. The second-order valence-corrected chi connectivity index (χ2v) is 8.30. The highest BCUT2D eigenvalue weighted by molar-refractivity contribution is 5.63. The highest BCUT2D eigenvalue weighted by atomic mass is 16.6. The number of anilines is 3. The predicted octanol–water partition coefficient (Wildman–Crippen LogP) is 5.54. The third-order valence-corrected chi connectivity index (χ3v) is 5.74. The first kappa shape index (κ1) is 23.1. The maximum Gasteiger partial charge on any atom is 0.225 e. The van der Waals surface area contributed by atoms with Crippen molar-refractivity contribution in [3.63, 3.8) is 0 Å². The first-order valence-corrected chi connectivity index (χ1v) is 11.6. The van der Waals surface area contributed by atoms with Gasteiger partial charge in [-0.2, -0.15) is 4.98 Å². The summed E-state index contributed by atoms with van der Waals surface area (Å²) < 4.78 is 5.93. The number of hydrogen-bond donors (Lipinski definition) is 3. The molecule has 7 nitrogen and oxygen atoms in total. The molecule has 31 heavy (non-hydrogen) atoms. The molecule has 0 saturated heterocycles. The van der Waals surface area contributed by atoms with E-state index in [1.807, 2.05) is 0 Å². The molecule has 1 aromatic carbocycles. The zero-order valence-corrected chi connectivity index (χ0v) is 19.2. The van der Waals surface area contributed by atoms with Gasteiger partial charge in [-0.25, -0.2) is 4.98 Å². The molecule has 170 valence electrons. The molecule has 1 fully saturated rings. The monoisotopic (exact) mass is 427 g/mol. The van der Waals surface area contributed by atoms with Crippen molar-refractivity contribution in [1.82, 2.24) is 9.97 Å². The van der Waals surface area contributed by atoms with Gasteiger partial charge >= 0.3 is 0 Å². The van der Waals surface area contributed by atoms with Gasteiger partial charge in [0.25, 0.3) is 0 Å².